The van der Waals surface area contributed by atoms with E-state index in [-0.39, 0.29) is 11.2 Å². The maximum Gasteiger partial charge on any atom is 0.192 e. The van der Waals surface area contributed by atoms with E-state index in [2.05, 4.69) is 59.8 Å². The standard InChI is InChI=1S/C21H29N3OS/c1-15(25)14-26-20-23-22-19(24(20)18-8-6-5-7-9-18)16-10-12-17(13-11-16)21(2,3)4/h10-13,18H,5-9,14H2,1-4H3. The molecule has 140 valence electrons. The van der Waals surface area contributed by atoms with Crippen LogP contribution in [0.2, 0.25) is 0 Å². The largest absolute Gasteiger partial charge is 0.299 e. The van der Waals surface area contributed by atoms with E-state index in [1.807, 2.05) is 0 Å². The molecular weight excluding hydrogens is 342 g/mol. The van der Waals surface area contributed by atoms with Crippen molar-refractivity contribution < 1.29 is 4.79 Å². The second-order valence-electron chi connectivity index (χ2n) is 8.29. The van der Waals surface area contributed by atoms with Gasteiger partial charge in [-0.3, -0.25) is 9.36 Å². The van der Waals surface area contributed by atoms with Crippen LogP contribution in [0.3, 0.4) is 0 Å². The van der Waals surface area contributed by atoms with E-state index in [9.17, 15) is 4.79 Å². The minimum absolute atomic E-state index is 0.137. The number of hydrogen-bond donors (Lipinski definition) is 0. The van der Waals surface area contributed by atoms with Gasteiger partial charge in [0.05, 0.1) is 5.75 Å². The van der Waals surface area contributed by atoms with Crippen molar-refractivity contribution in [3.8, 4) is 11.4 Å². The van der Waals surface area contributed by atoms with Crippen LogP contribution in [0.15, 0.2) is 29.4 Å². The molecule has 1 aliphatic rings. The number of aromatic nitrogens is 3. The number of ketones is 1. The summed E-state index contributed by atoms with van der Waals surface area (Å²) in [6.07, 6.45) is 6.14. The van der Waals surface area contributed by atoms with Gasteiger partial charge in [-0.25, -0.2) is 0 Å². The molecule has 1 fully saturated rings. The molecule has 0 spiro atoms. The fraction of sp³-hybridized carbons (Fsp3) is 0.571. The quantitative estimate of drug-likeness (QED) is 0.658. The summed E-state index contributed by atoms with van der Waals surface area (Å²) in [7, 11) is 0. The third kappa shape index (κ3) is 4.37. The minimum atomic E-state index is 0.137. The lowest BCUT2D eigenvalue weighted by atomic mass is 9.86. The highest BCUT2D eigenvalue weighted by molar-refractivity contribution is 7.99. The lowest BCUT2D eigenvalue weighted by Gasteiger charge is -2.26. The van der Waals surface area contributed by atoms with Gasteiger partial charge >= 0.3 is 0 Å². The first-order valence-corrected chi connectivity index (χ1v) is 10.5. The summed E-state index contributed by atoms with van der Waals surface area (Å²) in [5.74, 6) is 1.56. The summed E-state index contributed by atoms with van der Waals surface area (Å²) in [6, 6.07) is 9.13. The van der Waals surface area contributed by atoms with Gasteiger partial charge in [0.2, 0.25) is 0 Å². The highest BCUT2D eigenvalue weighted by atomic mass is 32.2. The van der Waals surface area contributed by atoms with Gasteiger partial charge < -0.3 is 0 Å². The third-order valence-electron chi connectivity index (χ3n) is 5.02. The van der Waals surface area contributed by atoms with Gasteiger partial charge in [-0.05, 0) is 30.7 Å². The maximum atomic E-state index is 11.4. The number of benzene rings is 1. The maximum absolute atomic E-state index is 11.4. The highest BCUT2D eigenvalue weighted by Gasteiger charge is 2.24. The van der Waals surface area contributed by atoms with Gasteiger partial charge in [-0.15, -0.1) is 10.2 Å². The fourth-order valence-electron chi connectivity index (χ4n) is 3.53. The fourth-order valence-corrected chi connectivity index (χ4v) is 4.33. The molecule has 0 atom stereocenters. The van der Waals surface area contributed by atoms with E-state index in [1.54, 1.807) is 6.92 Å². The van der Waals surface area contributed by atoms with Crippen molar-refractivity contribution in [2.24, 2.45) is 0 Å². The first-order valence-electron chi connectivity index (χ1n) is 9.54. The molecule has 0 saturated heterocycles. The third-order valence-corrected chi connectivity index (χ3v) is 6.11. The van der Waals surface area contributed by atoms with E-state index < -0.39 is 0 Å². The number of hydrogen-bond acceptors (Lipinski definition) is 4. The van der Waals surface area contributed by atoms with Crippen molar-refractivity contribution in [2.45, 2.75) is 76.4 Å². The van der Waals surface area contributed by atoms with Gasteiger partial charge in [-0.1, -0.05) is 76.1 Å². The molecule has 5 heteroatoms. The zero-order valence-corrected chi connectivity index (χ0v) is 17.1. The molecule has 4 nitrogen and oxygen atoms in total. The Kier molecular flexibility index (Phi) is 5.86. The Morgan fingerprint density at radius 1 is 1.12 bits per heavy atom. The summed E-state index contributed by atoms with van der Waals surface area (Å²) in [5.41, 5.74) is 2.56. The van der Waals surface area contributed by atoms with Crippen LogP contribution < -0.4 is 0 Å². The average molecular weight is 372 g/mol. The predicted octanol–water partition coefficient (Wildman–Crippen LogP) is 5.43. The number of thioether (sulfide) groups is 1. The van der Waals surface area contributed by atoms with E-state index in [0.29, 0.717) is 11.8 Å². The Balaban J connectivity index is 1.96. The molecule has 0 N–H and O–H groups in total. The van der Waals surface area contributed by atoms with E-state index >= 15 is 0 Å². The van der Waals surface area contributed by atoms with Crippen molar-refractivity contribution >= 4 is 17.5 Å². The average Bonchev–Trinajstić information content (AvgIpc) is 3.04. The molecule has 1 saturated carbocycles. The topological polar surface area (TPSA) is 47.8 Å². The lowest BCUT2D eigenvalue weighted by molar-refractivity contribution is -0.114. The highest BCUT2D eigenvalue weighted by Crippen LogP contribution is 2.36. The Hall–Kier alpha value is -1.62. The van der Waals surface area contributed by atoms with Gasteiger partial charge in [-0.2, -0.15) is 0 Å². The van der Waals surface area contributed by atoms with E-state index in [4.69, 9.17) is 0 Å². The number of Topliss-reactive ketones (excluding diaryl/α,β-unsaturated/α-hetero) is 1. The number of nitrogens with zero attached hydrogens (tertiary/aromatic N) is 3. The molecule has 3 rings (SSSR count). The lowest BCUT2D eigenvalue weighted by Crippen LogP contribution is -2.15. The molecule has 0 aliphatic heterocycles. The number of rotatable bonds is 5. The van der Waals surface area contributed by atoms with Gasteiger partial charge in [0.15, 0.2) is 11.0 Å². The molecule has 0 unspecified atom stereocenters. The Morgan fingerprint density at radius 3 is 2.35 bits per heavy atom. The Labute approximate surface area is 160 Å². The first-order chi connectivity index (χ1) is 12.4. The van der Waals surface area contributed by atoms with Crippen LogP contribution in [0.4, 0.5) is 0 Å². The molecule has 1 aliphatic carbocycles. The first kappa shape index (κ1) is 19.2. The van der Waals surface area contributed by atoms with Crippen LogP contribution in [-0.2, 0) is 10.2 Å². The molecule has 2 aromatic rings. The van der Waals surface area contributed by atoms with Crippen LogP contribution >= 0.6 is 11.8 Å². The van der Waals surface area contributed by atoms with Crippen LogP contribution in [0.25, 0.3) is 11.4 Å². The summed E-state index contributed by atoms with van der Waals surface area (Å²) in [4.78, 5) is 11.4. The number of carbonyl (C=O) groups excluding carboxylic acids is 1. The summed E-state index contributed by atoms with van der Waals surface area (Å²) in [6.45, 7) is 8.30. The van der Waals surface area contributed by atoms with Crippen molar-refractivity contribution in [2.75, 3.05) is 5.75 Å². The van der Waals surface area contributed by atoms with E-state index in [1.165, 1.54) is 49.4 Å². The zero-order valence-electron chi connectivity index (χ0n) is 16.3. The molecule has 0 bridgehead atoms. The molecule has 26 heavy (non-hydrogen) atoms. The Morgan fingerprint density at radius 2 is 1.77 bits per heavy atom. The summed E-state index contributed by atoms with van der Waals surface area (Å²) >= 11 is 1.51. The zero-order chi connectivity index (χ0) is 18.7. The summed E-state index contributed by atoms with van der Waals surface area (Å²) in [5, 5.41) is 9.82. The molecule has 1 heterocycles. The van der Waals surface area contributed by atoms with Gasteiger partial charge in [0, 0.05) is 11.6 Å². The monoisotopic (exact) mass is 371 g/mol. The van der Waals surface area contributed by atoms with Crippen LogP contribution in [0.5, 0.6) is 0 Å². The van der Waals surface area contributed by atoms with Crippen molar-refractivity contribution in [3.05, 3.63) is 29.8 Å². The number of carbonyl (C=O) groups is 1. The molecule has 0 radical (unpaired) electrons. The van der Waals surface area contributed by atoms with E-state index in [0.717, 1.165) is 16.5 Å². The van der Waals surface area contributed by atoms with Crippen LogP contribution in [0, 0.1) is 0 Å². The molecule has 0 amide bonds. The SMILES string of the molecule is CC(=O)CSc1nnc(-c2ccc(C(C)(C)C)cc2)n1C1CCCCC1. The Bertz CT molecular complexity index is 753. The molecular formula is C21H29N3OS. The van der Waals surface area contributed by atoms with Gasteiger partial charge in [0.1, 0.15) is 5.78 Å². The second kappa shape index (κ2) is 7.95. The molecule has 1 aromatic heterocycles. The van der Waals surface area contributed by atoms with Crippen molar-refractivity contribution in [1.82, 2.24) is 14.8 Å². The normalized spacial score (nSPS) is 16.0. The predicted molar refractivity (Wildman–Crippen MR) is 108 cm³/mol. The van der Waals surface area contributed by atoms with Crippen LogP contribution in [0.1, 0.15) is 71.4 Å². The van der Waals surface area contributed by atoms with Crippen molar-refractivity contribution in [1.29, 1.82) is 0 Å². The van der Waals surface area contributed by atoms with Crippen LogP contribution in [-0.4, -0.2) is 26.3 Å². The minimum Gasteiger partial charge on any atom is -0.299 e. The summed E-state index contributed by atoms with van der Waals surface area (Å²) < 4.78 is 2.29. The second-order valence-corrected chi connectivity index (χ2v) is 9.23. The van der Waals surface area contributed by atoms with Crippen molar-refractivity contribution in [3.63, 3.8) is 0 Å². The van der Waals surface area contributed by atoms with Gasteiger partial charge in [0.25, 0.3) is 0 Å². The smallest absolute Gasteiger partial charge is 0.192 e. The molecule has 1 aromatic carbocycles.